The van der Waals surface area contributed by atoms with Gasteiger partial charge in [-0.3, -0.25) is 13.9 Å². The molecule has 1 unspecified atom stereocenters. The van der Waals surface area contributed by atoms with E-state index < -0.39 is 26.9 Å². The summed E-state index contributed by atoms with van der Waals surface area (Å²) in [7, 11) is -4.05. The van der Waals surface area contributed by atoms with Gasteiger partial charge in [-0.05, 0) is 69.7 Å². The number of benzene rings is 2. The highest BCUT2D eigenvalue weighted by molar-refractivity contribution is 7.92. The minimum atomic E-state index is -4.05. The van der Waals surface area contributed by atoms with E-state index in [2.05, 4.69) is 5.32 Å². The van der Waals surface area contributed by atoms with Crippen LogP contribution in [0, 0.1) is 0 Å². The SMILES string of the molecule is CC(C)Oc1c(NCCC(C)N(c2cc(Cl)ccc2Cl)S(=O)(=O)c2ccc(Cl)cc2)c(=O)c1=O. The molecule has 0 aromatic heterocycles. The van der Waals surface area contributed by atoms with Crippen LogP contribution in [0.1, 0.15) is 27.2 Å². The second kappa shape index (κ2) is 10.6. The Bertz CT molecular complexity index is 1350. The molecule has 0 aliphatic carbocycles. The van der Waals surface area contributed by atoms with Crippen LogP contribution in [0.4, 0.5) is 11.4 Å². The summed E-state index contributed by atoms with van der Waals surface area (Å²) in [6.07, 6.45) is 0.00281. The summed E-state index contributed by atoms with van der Waals surface area (Å²) in [6, 6.07) is 9.75. The zero-order valence-electron chi connectivity index (χ0n) is 18.6. The van der Waals surface area contributed by atoms with E-state index in [0.29, 0.717) is 10.0 Å². The van der Waals surface area contributed by atoms with E-state index in [9.17, 15) is 18.0 Å². The maximum atomic E-state index is 13.6. The highest BCUT2D eigenvalue weighted by Gasteiger charge is 2.31. The molecule has 0 radical (unpaired) electrons. The summed E-state index contributed by atoms with van der Waals surface area (Å²) in [6.45, 7) is 5.40. The predicted molar refractivity (Wildman–Crippen MR) is 137 cm³/mol. The summed E-state index contributed by atoms with van der Waals surface area (Å²) < 4.78 is 33.8. The topological polar surface area (TPSA) is 92.8 Å². The van der Waals surface area contributed by atoms with Crippen LogP contribution in [-0.4, -0.2) is 27.1 Å². The smallest absolute Gasteiger partial charge is 0.272 e. The highest BCUT2D eigenvalue weighted by Crippen LogP contribution is 2.35. The highest BCUT2D eigenvalue weighted by atomic mass is 35.5. The molecule has 3 aromatic carbocycles. The third-order valence-electron chi connectivity index (χ3n) is 5.00. The van der Waals surface area contributed by atoms with E-state index in [4.69, 9.17) is 39.5 Å². The molecule has 0 saturated carbocycles. The summed E-state index contributed by atoms with van der Waals surface area (Å²) >= 11 is 18.4. The third-order valence-corrected chi connectivity index (χ3v) is 7.75. The maximum absolute atomic E-state index is 13.6. The zero-order chi connectivity index (χ0) is 25.2. The minimum absolute atomic E-state index is 0.00354. The molecule has 0 fully saturated rings. The molecule has 0 aliphatic heterocycles. The first-order valence-electron chi connectivity index (χ1n) is 10.4. The molecule has 182 valence electrons. The molecule has 34 heavy (non-hydrogen) atoms. The van der Waals surface area contributed by atoms with Crippen molar-refractivity contribution in [2.24, 2.45) is 0 Å². The largest absolute Gasteiger partial charge is 0.485 e. The Hall–Kier alpha value is -2.26. The van der Waals surface area contributed by atoms with Gasteiger partial charge in [0.2, 0.25) is 0 Å². The number of anilines is 2. The Morgan fingerprint density at radius 3 is 2.18 bits per heavy atom. The fraction of sp³-hybridized carbons (Fsp3) is 0.304. The number of nitrogens with one attached hydrogen (secondary N) is 1. The van der Waals surface area contributed by atoms with E-state index in [1.165, 1.54) is 40.7 Å². The van der Waals surface area contributed by atoms with Gasteiger partial charge in [0, 0.05) is 22.6 Å². The van der Waals surface area contributed by atoms with Gasteiger partial charge in [0.1, 0.15) is 5.69 Å². The van der Waals surface area contributed by atoms with Gasteiger partial charge in [0.05, 0.1) is 21.7 Å². The lowest BCUT2D eigenvalue weighted by Crippen LogP contribution is -2.41. The van der Waals surface area contributed by atoms with E-state index in [-0.39, 0.29) is 46.1 Å². The summed E-state index contributed by atoms with van der Waals surface area (Å²) in [5.41, 5.74) is -1.03. The molecule has 0 amide bonds. The Morgan fingerprint density at radius 2 is 1.56 bits per heavy atom. The lowest BCUT2D eigenvalue weighted by Gasteiger charge is -2.31. The molecule has 3 aromatic rings. The fourth-order valence-electron chi connectivity index (χ4n) is 3.38. The van der Waals surface area contributed by atoms with Gasteiger partial charge < -0.3 is 10.1 Å². The number of sulfonamides is 1. The van der Waals surface area contributed by atoms with E-state index in [0.717, 1.165) is 0 Å². The quantitative estimate of drug-likeness (QED) is 0.356. The number of halogens is 3. The summed E-state index contributed by atoms with van der Waals surface area (Å²) in [5, 5.41) is 3.83. The van der Waals surface area contributed by atoms with Crippen molar-refractivity contribution in [3.8, 4) is 5.75 Å². The molecule has 3 rings (SSSR count). The van der Waals surface area contributed by atoms with Gasteiger partial charge >= 0.3 is 0 Å². The van der Waals surface area contributed by atoms with Crippen LogP contribution in [0.2, 0.25) is 15.1 Å². The van der Waals surface area contributed by atoms with Crippen molar-refractivity contribution in [3.63, 3.8) is 0 Å². The number of ether oxygens (including phenoxy) is 1. The predicted octanol–water partition coefficient (Wildman–Crippen LogP) is 5.12. The van der Waals surface area contributed by atoms with Crippen LogP contribution in [0.15, 0.2) is 56.9 Å². The standard InChI is InChI=1S/C23H23Cl3N2O5S/c1-13(2)33-23-20(21(29)22(23)30)27-11-10-14(3)28(19-12-16(25)6-9-18(19)26)34(31,32)17-7-4-15(24)5-8-17/h4-9,12-14,27H,10-11H2,1-3H3. The van der Waals surface area contributed by atoms with E-state index >= 15 is 0 Å². The average Bonchev–Trinajstić information content (AvgIpc) is 2.77. The second-order valence-corrected chi connectivity index (χ2v) is 11.0. The van der Waals surface area contributed by atoms with Crippen molar-refractivity contribution in [3.05, 3.63) is 78.0 Å². The van der Waals surface area contributed by atoms with Gasteiger partial charge in [-0.15, -0.1) is 0 Å². The minimum Gasteiger partial charge on any atom is -0.485 e. The van der Waals surface area contributed by atoms with Gasteiger partial charge in [0.25, 0.3) is 20.9 Å². The Labute approximate surface area is 212 Å². The van der Waals surface area contributed by atoms with Crippen molar-refractivity contribution in [2.75, 3.05) is 16.2 Å². The lowest BCUT2D eigenvalue weighted by molar-refractivity contribution is 0.238. The summed E-state index contributed by atoms with van der Waals surface area (Å²) in [4.78, 5) is 23.8. The van der Waals surface area contributed by atoms with Crippen LogP contribution < -0.4 is 25.2 Å². The third kappa shape index (κ3) is 5.51. The molecular formula is C23H23Cl3N2O5S. The zero-order valence-corrected chi connectivity index (χ0v) is 21.7. The number of nitrogens with zero attached hydrogens (tertiary/aromatic N) is 1. The number of hydrogen-bond donors (Lipinski definition) is 1. The monoisotopic (exact) mass is 544 g/mol. The summed E-state index contributed by atoms with van der Waals surface area (Å²) in [5.74, 6) is -0.00354. The number of rotatable bonds is 10. The first-order valence-corrected chi connectivity index (χ1v) is 13.0. The van der Waals surface area contributed by atoms with Crippen LogP contribution >= 0.6 is 34.8 Å². The van der Waals surface area contributed by atoms with Crippen molar-refractivity contribution < 1.29 is 13.2 Å². The lowest BCUT2D eigenvalue weighted by atomic mass is 10.2. The molecule has 0 heterocycles. The Kier molecular flexibility index (Phi) is 8.18. The molecule has 0 aliphatic rings. The first kappa shape index (κ1) is 26.3. The first-order chi connectivity index (χ1) is 15.9. The van der Waals surface area contributed by atoms with E-state index in [1.807, 2.05) is 0 Å². The van der Waals surface area contributed by atoms with Crippen LogP contribution in [-0.2, 0) is 10.0 Å². The molecule has 7 nitrogen and oxygen atoms in total. The van der Waals surface area contributed by atoms with Crippen molar-refractivity contribution in [1.29, 1.82) is 0 Å². The van der Waals surface area contributed by atoms with E-state index in [1.54, 1.807) is 26.8 Å². The van der Waals surface area contributed by atoms with Crippen LogP contribution in [0.3, 0.4) is 0 Å². The Balaban J connectivity index is 1.89. The molecule has 1 N–H and O–H groups in total. The van der Waals surface area contributed by atoms with Crippen LogP contribution in [0.5, 0.6) is 5.75 Å². The van der Waals surface area contributed by atoms with Crippen LogP contribution in [0.25, 0.3) is 0 Å². The van der Waals surface area contributed by atoms with Crippen molar-refractivity contribution >= 4 is 56.2 Å². The molecular weight excluding hydrogens is 523 g/mol. The van der Waals surface area contributed by atoms with Gasteiger partial charge in [-0.1, -0.05) is 34.8 Å². The van der Waals surface area contributed by atoms with Crippen molar-refractivity contribution in [1.82, 2.24) is 0 Å². The Morgan fingerprint density at radius 1 is 0.941 bits per heavy atom. The molecule has 11 heteroatoms. The molecule has 0 bridgehead atoms. The maximum Gasteiger partial charge on any atom is 0.272 e. The normalized spacial score (nSPS) is 12.7. The van der Waals surface area contributed by atoms with Crippen molar-refractivity contribution in [2.45, 2.75) is 44.2 Å². The fourth-order valence-corrected chi connectivity index (χ4v) is 5.63. The van der Waals surface area contributed by atoms with Gasteiger partial charge in [0.15, 0.2) is 5.75 Å². The molecule has 0 spiro atoms. The molecule has 1 atom stereocenters. The molecule has 0 saturated heterocycles. The average molecular weight is 546 g/mol. The number of hydrogen-bond acceptors (Lipinski definition) is 6. The van der Waals surface area contributed by atoms with Gasteiger partial charge in [-0.2, -0.15) is 0 Å². The van der Waals surface area contributed by atoms with Gasteiger partial charge in [-0.25, -0.2) is 8.42 Å². The second-order valence-electron chi connectivity index (χ2n) is 7.94.